The molecule has 3 aromatic carbocycles. The van der Waals surface area contributed by atoms with E-state index >= 15 is 0 Å². The Balaban J connectivity index is 1.59. The number of benzene rings is 3. The van der Waals surface area contributed by atoms with Crippen LogP contribution in [-0.2, 0) is 0 Å². The lowest BCUT2D eigenvalue weighted by Crippen LogP contribution is -2.12. The molecule has 0 bridgehead atoms. The van der Waals surface area contributed by atoms with E-state index in [2.05, 4.69) is 10.3 Å². The molecule has 1 N–H and O–H groups in total. The van der Waals surface area contributed by atoms with Gasteiger partial charge in [0.2, 0.25) is 0 Å². The number of nitrogens with zero attached hydrogens (tertiary/aromatic N) is 1. The van der Waals surface area contributed by atoms with Gasteiger partial charge in [0.25, 0.3) is 5.91 Å². The van der Waals surface area contributed by atoms with Crippen molar-refractivity contribution in [2.24, 2.45) is 0 Å². The second-order valence-corrected chi connectivity index (χ2v) is 7.53. The molecule has 140 valence electrons. The molecule has 0 aliphatic heterocycles. The van der Waals surface area contributed by atoms with Crippen LogP contribution in [0.4, 0.5) is 5.69 Å². The van der Waals surface area contributed by atoms with Crippen LogP contribution in [0.5, 0.6) is 5.75 Å². The van der Waals surface area contributed by atoms with E-state index in [1.807, 2.05) is 43.3 Å². The number of anilines is 1. The molecule has 0 unspecified atom stereocenters. The molecule has 6 heteroatoms. The lowest BCUT2D eigenvalue weighted by Gasteiger charge is -2.09. The Labute approximate surface area is 171 Å². The van der Waals surface area contributed by atoms with Crippen molar-refractivity contribution in [3.63, 3.8) is 0 Å². The molecule has 0 saturated heterocycles. The average molecular weight is 409 g/mol. The number of hydrogen-bond donors (Lipinski definition) is 1. The van der Waals surface area contributed by atoms with Crippen LogP contribution in [0.3, 0.4) is 0 Å². The Morgan fingerprint density at radius 1 is 1.11 bits per heavy atom. The number of carbonyl (C=O) groups is 1. The van der Waals surface area contributed by atoms with Crippen LogP contribution in [-0.4, -0.2) is 17.5 Å². The zero-order chi connectivity index (χ0) is 19.5. The van der Waals surface area contributed by atoms with Crippen LogP contribution in [0.15, 0.2) is 66.7 Å². The third-order valence-corrected chi connectivity index (χ3v) is 5.60. The molecule has 0 atom stereocenters. The molecule has 4 rings (SSSR count). The van der Waals surface area contributed by atoms with Gasteiger partial charge in [0.1, 0.15) is 10.8 Å². The number of thiazole rings is 1. The van der Waals surface area contributed by atoms with E-state index in [0.717, 1.165) is 26.5 Å². The molecule has 0 spiro atoms. The summed E-state index contributed by atoms with van der Waals surface area (Å²) in [5, 5.41) is 4.25. The van der Waals surface area contributed by atoms with Crippen molar-refractivity contribution in [1.82, 2.24) is 4.98 Å². The molecule has 4 nitrogen and oxygen atoms in total. The van der Waals surface area contributed by atoms with Crippen molar-refractivity contribution in [3.8, 4) is 16.3 Å². The van der Waals surface area contributed by atoms with E-state index in [1.165, 1.54) is 0 Å². The van der Waals surface area contributed by atoms with Crippen molar-refractivity contribution in [2.45, 2.75) is 6.92 Å². The maximum Gasteiger partial charge on any atom is 0.255 e. The highest BCUT2D eigenvalue weighted by atomic mass is 35.5. The predicted molar refractivity (Wildman–Crippen MR) is 116 cm³/mol. The molecule has 0 radical (unpaired) electrons. The second kappa shape index (κ2) is 8.00. The zero-order valence-electron chi connectivity index (χ0n) is 15.1. The highest BCUT2D eigenvalue weighted by Gasteiger charge is 2.12. The Bertz CT molecular complexity index is 1110. The minimum atomic E-state index is -0.230. The van der Waals surface area contributed by atoms with Crippen molar-refractivity contribution < 1.29 is 9.53 Å². The third-order valence-electron chi connectivity index (χ3n) is 4.18. The molecule has 0 aliphatic rings. The van der Waals surface area contributed by atoms with E-state index < -0.39 is 0 Å². The second-order valence-electron chi connectivity index (χ2n) is 6.09. The largest absolute Gasteiger partial charge is 0.494 e. The molecule has 0 fully saturated rings. The van der Waals surface area contributed by atoms with Crippen molar-refractivity contribution in [3.05, 3.63) is 77.3 Å². The molecule has 0 saturated carbocycles. The summed E-state index contributed by atoms with van der Waals surface area (Å²) >= 11 is 7.91. The smallest absolute Gasteiger partial charge is 0.255 e. The van der Waals surface area contributed by atoms with Gasteiger partial charge in [-0.05, 0) is 55.5 Å². The number of amides is 1. The van der Waals surface area contributed by atoms with Crippen molar-refractivity contribution in [2.75, 3.05) is 11.9 Å². The number of halogens is 1. The van der Waals surface area contributed by atoms with E-state index in [1.54, 1.807) is 41.7 Å². The van der Waals surface area contributed by atoms with Crippen LogP contribution in [0, 0.1) is 0 Å². The number of fused-ring (bicyclic) bond motifs is 1. The van der Waals surface area contributed by atoms with Crippen LogP contribution in [0.2, 0.25) is 5.02 Å². The number of hydrogen-bond acceptors (Lipinski definition) is 4. The van der Waals surface area contributed by atoms with Crippen LogP contribution in [0.25, 0.3) is 20.8 Å². The summed E-state index contributed by atoms with van der Waals surface area (Å²) in [5.41, 5.74) is 2.95. The third kappa shape index (κ3) is 3.86. The highest BCUT2D eigenvalue weighted by molar-refractivity contribution is 7.21. The number of aromatic nitrogens is 1. The van der Waals surface area contributed by atoms with Gasteiger partial charge in [-0.15, -0.1) is 11.3 Å². The molecule has 1 heterocycles. The van der Waals surface area contributed by atoms with Gasteiger partial charge in [-0.25, -0.2) is 4.98 Å². The number of rotatable bonds is 5. The first-order valence-corrected chi connectivity index (χ1v) is 10.0. The van der Waals surface area contributed by atoms with E-state index in [4.69, 9.17) is 16.3 Å². The summed E-state index contributed by atoms with van der Waals surface area (Å²) in [4.78, 5) is 17.3. The molecular weight excluding hydrogens is 392 g/mol. The summed E-state index contributed by atoms with van der Waals surface area (Å²) < 4.78 is 6.53. The van der Waals surface area contributed by atoms with Gasteiger partial charge in [0.15, 0.2) is 0 Å². The van der Waals surface area contributed by atoms with Crippen LogP contribution in [0.1, 0.15) is 17.3 Å². The normalized spacial score (nSPS) is 10.8. The maximum atomic E-state index is 12.6. The van der Waals surface area contributed by atoms with Crippen molar-refractivity contribution in [1.29, 1.82) is 0 Å². The van der Waals surface area contributed by atoms with Gasteiger partial charge in [-0.2, -0.15) is 0 Å². The molecule has 1 aromatic heterocycles. The lowest BCUT2D eigenvalue weighted by atomic mass is 10.1. The van der Waals surface area contributed by atoms with E-state index in [9.17, 15) is 4.79 Å². The average Bonchev–Trinajstić information content (AvgIpc) is 3.14. The molecule has 28 heavy (non-hydrogen) atoms. The van der Waals surface area contributed by atoms with Gasteiger partial charge >= 0.3 is 0 Å². The van der Waals surface area contributed by atoms with Crippen LogP contribution < -0.4 is 10.1 Å². The topological polar surface area (TPSA) is 51.2 Å². The summed E-state index contributed by atoms with van der Waals surface area (Å²) in [7, 11) is 0. The Hall–Kier alpha value is -2.89. The van der Waals surface area contributed by atoms with Crippen molar-refractivity contribution >= 4 is 44.7 Å². The van der Waals surface area contributed by atoms with Crippen LogP contribution >= 0.6 is 22.9 Å². The van der Waals surface area contributed by atoms with Gasteiger partial charge in [-0.3, -0.25) is 4.79 Å². The highest BCUT2D eigenvalue weighted by Crippen LogP contribution is 2.34. The fourth-order valence-corrected chi connectivity index (χ4v) is 3.94. The SMILES string of the molecule is CCOc1ccc(C(=O)Nc2cc(-c3nc4ccccc4s3)ccc2Cl)cc1. The zero-order valence-corrected chi connectivity index (χ0v) is 16.7. The molecule has 0 aliphatic carbocycles. The van der Waals surface area contributed by atoms with Gasteiger partial charge in [0, 0.05) is 11.1 Å². The number of carbonyl (C=O) groups excluding carboxylic acids is 1. The molecular formula is C22H17ClN2O2S. The summed E-state index contributed by atoms with van der Waals surface area (Å²) in [6.45, 7) is 2.50. The first-order chi connectivity index (χ1) is 13.6. The number of nitrogens with one attached hydrogen (secondary N) is 1. The monoisotopic (exact) mass is 408 g/mol. The Kier molecular flexibility index (Phi) is 5.28. The predicted octanol–water partition coefficient (Wildman–Crippen LogP) is 6.27. The fourth-order valence-electron chi connectivity index (χ4n) is 2.81. The minimum Gasteiger partial charge on any atom is -0.494 e. The van der Waals surface area contributed by atoms with Gasteiger partial charge < -0.3 is 10.1 Å². The summed E-state index contributed by atoms with van der Waals surface area (Å²) in [6.07, 6.45) is 0. The summed E-state index contributed by atoms with van der Waals surface area (Å²) in [6, 6.07) is 20.5. The van der Waals surface area contributed by atoms with Gasteiger partial charge in [-0.1, -0.05) is 29.8 Å². The van der Waals surface area contributed by atoms with Gasteiger partial charge in [0.05, 0.1) is 27.5 Å². The standard InChI is InChI=1S/C22H17ClN2O2S/c1-2-27-16-10-7-14(8-11-16)21(26)24-19-13-15(9-12-17(19)23)22-25-18-5-3-4-6-20(18)28-22/h3-13H,2H2,1H3,(H,24,26). The van der Waals surface area contributed by atoms with E-state index in [0.29, 0.717) is 22.9 Å². The quantitative estimate of drug-likeness (QED) is 0.423. The van der Waals surface area contributed by atoms with E-state index in [-0.39, 0.29) is 5.91 Å². The molecule has 1 amide bonds. The Morgan fingerprint density at radius 2 is 1.89 bits per heavy atom. The fraction of sp³-hybridized carbons (Fsp3) is 0.0909. The molecule has 4 aromatic rings. The first kappa shape index (κ1) is 18.5. The first-order valence-electron chi connectivity index (χ1n) is 8.84. The minimum absolute atomic E-state index is 0.230. The lowest BCUT2D eigenvalue weighted by molar-refractivity contribution is 0.102. The number of ether oxygens (including phenoxy) is 1. The Morgan fingerprint density at radius 3 is 2.64 bits per heavy atom. The summed E-state index contributed by atoms with van der Waals surface area (Å²) in [5.74, 6) is 0.501. The number of para-hydroxylation sites is 1. The maximum absolute atomic E-state index is 12.6.